The number of nitrogens with zero attached hydrogens (tertiary/aromatic N) is 2. The van der Waals surface area contributed by atoms with E-state index in [0.717, 1.165) is 75.5 Å². The van der Waals surface area contributed by atoms with E-state index in [0.29, 0.717) is 58.9 Å². The summed E-state index contributed by atoms with van der Waals surface area (Å²) in [5.41, 5.74) is 2.65. The van der Waals surface area contributed by atoms with Crippen molar-refractivity contribution in [2.45, 2.75) is 126 Å². The Morgan fingerprint density at radius 2 is 1.67 bits per heavy atom. The Labute approximate surface area is 362 Å². The summed E-state index contributed by atoms with van der Waals surface area (Å²) < 4.78 is 42.9. The molecule has 2 heterocycles. The zero-order valence-corrected chi connectivity index (χ0v) is 35.6. The molecule has 1 saturated heterocycles. The van der Waals surface area contributed by atoms with Crippen LogP contribution < -0.4 is 14.9 Å². The van der Waals surface area contributed by atoms with Gasteiger partial charge in [-0.2, -0.15) is 4.72 Å². The van der Waals surface area contributed by atoms with Gasteiger partial charge < -0.3 is 49.6 Å². The van der Waals surface area contributed by atoms with Gasteiger partial charge in [0.25, 0.3) is 11.8 Å². The van der Waals surface area contributed by atoms with Gasteiger partial charge in [0, 0.05) is 47.7 Å². The van der Waals surface area contributed by atoms with Gasteiger partial charge in [0.15, 0.2) is 6.10 Å². The molecule has 8 atom stereocenters. The Morgan fingerprint density at radius 3 is 2.30 bits per heavy atom. The van der Waals surface area contributed by atoms with Crippen molar-refractivity contribution in [2.75, 3.05) is 30.3 Å². The van der Waals surface area contributed by atoms with E-state index >= 15 is 4.39 Å². The summed E-state index contributed by atoms with van der Waals surface area (Å²) in [6.07, 6.45) is 2.95. The highest BCUT2D eigenvalue weighted by Crippen LogP contribution is 2.47. The van der Waals surface area contributed by atoms with Crippen LogP contribution in [0.2, 0.25) is 10.0 Å². The summed E-state index contributed by atoms with van der Waals surface area (Å²) in [5.74, 6) is -0.353. The third-order valence-electron chi connectivity index (χ3n) is 11.7. The van der Waals surface area contributed by atoms with Gasteiger partial charge in [-0.15, -0.1) is 0 Å². The number of rotatable bonds is 24. The predicted octanol–water partition coefficient (Wildman–Crippen LogP) is 4.92. The lowest BCUT2D eigenvalue weighted by molar-refractivity contribution is -0.148. The number of hydrogen-bond donors (Lipinski definition) is 7. The molecule has 3 fully saturated rings. The van der Waals surface area contributed by atoms with Gasteiger partial charge in [-0.1, -0.05) is 66.5 Å². The third kappa shape index (κ3) is 11.7. The zero-order chi connectivity index (χ0) is 42.9. The minimum atomic E-state index is -1.94. The summed E-state index contributed by atoms with van der Waals surface area (Å²) in [5, 5.41) is 55.3. The molecule has 7 N–H and O–H groups in total. The minimum absolute atomic E-state index is 0.0193. The smallest absolute Gasteiger partial charge is 0.292 e. The SMILES string of the molecule is O=C(N[S+]([O-])CCCCCCCCCCNC(=O)C(O)C(O)C(O)C(O)CO)c1ccc(N2C[C@@H]3C[C@H]2C[C@H]3OCc2c(-c3c(Cl)cccc3Cl)noc2C2CC2)c(F)c1. The van der Waals surface area contributed by atoms with Crippen LogP contribution in [-0.2, 0) is 27.5 Å². The van der Waals surface area contributed by atoms with Crippen LogP contribution in [0.1, 0.15) is 105 Å². The summed E-state index contributed by atoms with van der Waals surface area (Å²) in [6.45, 7) is 0.371. The first-order valence-corrected chi connectivity index (χ1v) is 22.9. The van der Waals surface area contributed by atoms with Crippen LogP contribution in [0.5, 0.6) is 0 Å². The van der Waals surface area contributed by atoms with E-state index in [4.69, 9.17) is 37.6 Å². The fraction of sp³-hybridized carbons (Fsp3) is 0.595. The average Bonchev–Trinajstić information content (AvgIpc) is 3.69. The lowest BCUT2D eigenvalue weighted by Crippen LogP contribution is -2.51. The van der Waals surface area contributed by atoms with Gasteiger partial charge in [0.1, 0.15) is 41.3 Å². The summed E-state index contributed by atoms with van der Waals surface area (Å²) >= 11 is 11.4. The Kier molecular flexibility index (Phi) is 16.9. The van der Waals surface area contributed by atoms with Gasteiger partial charge in [-0.05, 0) is 75.3 Å². The number of aromatic nitrogens is 1. The predicted molar refractivity (Wildman–Crippen MR) is 224 cm³/mol. The van der Waals surface area contributed by atoms with Gasteiger partial charge in [-0.3, -0.25) is 9.59 Å². The number of carbonyl (C=O) groups excluding carboxylic acids is 2. The molecule has 330 valence electrons. The number of fused-ring (bicyclic) bond motifs is 2. The van der Waals surface area contributed by atoms with Crippen LogP contribution in [0.3, 0.4) is 0 Å². The van der Waals surface area contributed by atoms with Crippen LogP contribution >= 0.6 is 23.2 Å². The molecule has 1 aliphatic heterocycles. The molecule has 0 spiro atoms. The van der Waals surface area contributed by atoms with E-state index < -0.39 is 60.0 Å². The highest BCUT2D eigenvalue weighted by molar-refractivity contribution is 7.90. The Hall–Kier alpha value is -3.03. The number of anilines is 1. The van der Waals surface area contributed by atoms with Crippen LogP contribution in [0, 0.1) is 11.7 Å². The topological polar surface area (TPSA) is 221 Å². The van der Waals surface area contributed by atoms with Gasteiger partial charge in [-0.25, -0.2) is 4.39 Å². The molecule has 2 aromatic carbocycles. The summed E-state index contributed by atoms with van der Waals surface area (Å²) in [7, 11) is 0. The van der Waals surface area contributed by atoms with Crippen molar-refractivity contribution in [3.05, 3.63) is 69.1 Å². The summed E-state index contributed by atoms with van der Waals surface area (Å²) in [4.78, 5) is 26.9. The monoisotopic (exact) mass is 896 g/mol. The molecular formula is C42H55Cl2FN4O10S. The largest absolute Gasteiger partial charge is 0.593 e. The number of ether oxygens (including phenoxy) is 1. The van der Waals surface area contributed by atoms with E-state index in [9.17, 15) is 34.6 Å². The van der Waals surface area contributed by atoms with Gasteiger partial charge in [0.2, 0.25) is 0 Å². The lowest BCUT2D eigenvalue weighted by atomic mass is 10.0. The molecule has 3 aromatic rings. The molecule has 18 heteroatoms. The number of nitrogens with one attached hydrogen (secondary N) is 2. The molecule has 2 aliphatic carbocycles. The second-order valence-electron chi connectivity index (χ2n) is 16.1. The van der Waals surface area contributed by atoms with E-state index in [2.05, 4.69) is 15.2 Å². The molecule has 0 radical (unpaired) electrons. The highest BCUT2D eigenvalue weighted by Gasteiger charge is 2.46. The van der Waals surface area contributed by atoms with Crippen LogP contribution in [0.4, 0.5) is 10.1 Å². The fourth-order valence-electron chi connectivity index (χ4n) is 8.15. The van der Waals surface area contributed by atoms with Crippen molar-refractivity contribution in [3.8, 4) is 11.3 Å². The molecule has 2 amide bonds. The third-order valence-corrected chi connectivity index (χ3v) is 13.4. The van der Waals surface area contributed by atoms with Crippen molar-refractivity contribution in [3.63, 3.8) is 0 Å². The minimum Gasteiger partial charge on any atom is -0.593 e. The molecule has 2 bridgehead atoms. The molecule has 6 rings (SSSR count). The normalized spacial score (nSPS) is 21.1. The number of benzene rings is 2. The first-order valence-electron chi connectivity index (χ1n) is 20.8. The second kappa shape index (κ2) is 21.9. The van der Waals surface area contributed by atoms with Crippen molar-refractivity contribution in [1.82, 2.24) is 15.2 Å². The number of aliphatic hydroxyl groups excluding tert-OH is 5. The Balaban J connectivity index is 0.850. The van der Waals surface area contributed by atoms with Gasteiger partial charge in [0.05, 0.1) is 46.4 Å². The van der Waals surface area contributed by atoms with Crippen molar-refractivity contribution in [1.29, 1.82) is 0 Å². The van der Waals surface area contributed by atoms with E-state index in [1.54, 1.807) is 30.3 Å². The van der Waals surface area contributed by atoms with Crippen LogP contribution in [0.15, 0.2) is 40.9 Å². The summed E-state index contributed by atoms with van der Waals surface area (Å²) in [6, 6.07) is 9.81. The number of aliphatic hydroxyl groups is 5. The molecule has 1 aromatic heterocycles. The molecular weight excluding hydrogens is 842 g/mol. The standard InChI is InChI=1S/C42H55Cl2FN4O10S/c43-29-10-9-11-30(44)35(29)36-28(40(59-47-36)24-12-13-24)23-58-34-20-27-18-26(34)21-49(27)32-15-14-25(19-31(32)45)41(55)48-60(57)17-8-6-4-2-1-3-5-7-16-46-42(56)39(54)38(53)37(52)33(51)22-50/h9-11,14-15,19,24,26-27,33-34,37-39,50-54H,1-8,12-13,16-18,20-23H2,(H,46,56)(H,48,55)/t26-,27-,33?,34+,37?,38?,39?,60?/m0/s1. The maximum Gasteiger partial charge on any atom is 0.292 e. The number of hydrogen-bond acceptors (Lipinski definition) is 12. The number of amides is 2. The first-order chi connectivity index (χ1) is 28.9. The van der Waals surface area contributed by atoms with Crippen molar-refractivity contribution >= 4 is 52.1 Å². The number of carbonyl (C=O) groups is 2. The number of halogens is 3. The lowest BCUT2D eigenvalue weighted by Gasteiger charge is -2.33. The molecule has 3 aliphatic rings. The molecule has 2 saturated carbocycles. The van der Waals surface area contributed by atoms with Crippen LogP contribution in [-0.4, -0.2) is 109 Å². The second-order valence-corrected chi connectivity index (χ2v) is 18.2. The maximum absolute atomic E-state index is 15.5. The molecule has 5 unspecified atom stereocenters. The number of unbranched alkanes of at least 4 members (excludes halogenated alkanes) is 7. The first kappa shape index (κ1) is 46.5. The number of piperidine rings is 1. The van der Waals surface area contributed by atoms with Gasteiger partial charge >= 0.3 is 0 Å². The van der Waals surface area contributed by atoms with E-state index in [1.807, 2.05) is 4.90 Å². The molecule has 14 nitrogen and oxygen atoms in total. The fourth-order valence-corrected chi connectivity index (χ4v) is 9.62. The Morgan fingerprint density at radius 1 is 0.983 bits per heavy atom. The van der Waals surface area contributed by atoms with E-state index in [-0.39, 0.29) is 35.9 Å². The Bertz CT molecular complexity index is 1890. The average molecular weight is 898 g/mol. The van der Waals surface area contributed by atoms with Crippen molar-refractivity contribution in [2.24, 2.45) is 5.92 Å². The highest BCUT2D eigenvalue weighted by atomic mass is 35.5. The quantitative estimate of drug-likeness (QED) is 0.0471. The molecule has 60 heavy (non-hydrogen) atoms. The maximum atomic E-state index is 15.5. The zero-order valence-electron chi connectivity index (χ0n) is 33.3. The van der Waals surface area contributed by atoms with Crippen LogP contribution in [0.25, 0.3) is 11.3 Å². The van der Waals surface area contributed by atoms with Crippen molar-refractivity contribution < 1.29 is 53.3 Å². The van der Waals surface area contributed by atoms with E-state index in [1.165, 1.54) is 6.07 Å².